The number of nitrogens with one attached hydrogen (secondary N) is 1. The summed E-state index contributed by atoms with van der Waals surface area (Å²) in [6.07, 6.45) is 3.02. The third-order valence-electron chi connectivity index (χ3n) is 2.08. The van der Waals surface area contributed by atoms with Gasteiger partial charge in [-0.05, 0) is 26.3 Å². The standard InChI is InChI=1S/C9H19NO2/c1-8(7-11-2)12-9-4-3-5-10-6-9/h8-10H,3-7H2,1-2H3. The topological polar surface area (TPSA) is 30.5 Å². The first-order valence-corrected chi connectivity index (χ1v) is 4.68. The van der Waals surface area contributed by atoms with Crippen LogP contribution in [0.1, 0.15) is 19.8 Å². The van der Waals surface area contributed by atoms with Crippen molar-refractivity contribution in [1.82, 2.24) is 5.32 Å². The van der Waals surface area contributed by atoms with Crippen LogP contribution in [0.15, 0.2) is 0 Å². The van der Waals surface area contributed by atoms with Crippen LogP contribution in [0.2, 0.25) is 0 Å². The lowest BCUT2D eigenvalue weighted by Crippen LogP contribution is -2.37. The first-order chi connectivity index (χ1) is 5.83. The fraction of sp³-hybridized carbons (Fsp3) is 1.00. The molecule has 1 aliphatic heterocycles. The van der Waals surface area contributed by atoms with E-state index < -0.39 is 0 Å². The van der Waals surface area contributed by atoms with Crippen molar-refractivity contribution in [1.29, 1.82) is 0 Å². The molecule has 0 radical (unpaired) electrons. The maximum atomic E-state index is 5.74. The molecular formula is C9H19NO2. The number of piperidine rings is 1. The van der Waals surface area contributed by atoms with E-state index in [2.05, 4.69) is 12.2 Å². The lowest BCUT2D eigenvalue weighted by atomic mass is 10.1. The minimum atomic E-state index is 0.222. The van der Waals surface area contributed by atoms with Gasteiger partial charge in [0, 0.05) is 13.7 Å². The van der Waals surface area contributed by atoms with Crippen LogP contribution in [0, 0.1) is 0 Å². The summed E-state index contributed by atoms with van der Waals surface area (Å²) in [5.74, 6) is 0. The second kappa shape index (κ2) is 5.51. The van der Waals surface area contributed by atoms with Crippen molar-refractivity contribution < 1.29 is 9.47 Å². The van der Waals surface area contributed by atoms with Crippen LogP contribution in [-0.2, 0) is 9.47 Å². The summed E-state index contributed by atoms with van der Waals surface area (Å²) in [6, 6.07) is 0. The van der Waals surface area contributed by atoms with E-state index in [0.717, 1.165) is 13.1 Å². The Labute approximate surface area is 74.4 Å². The Morgan fingerprint density at radius 3 is 3.00 bits per heavy atom. The molecular weight excluding hydrogens is 154 g/mol. The Hall–Kier alpha value is -0.120. The highest BCUT2D eigenvalue weighted by atomic mass is 16.5. The van der Waals surface area contributed by atoms with Crippen molar-refractivity contribution in [3.8, 4) is 0 Å². The maximum Gasteiger partial charge on any atom is 0.0784 e. The summed E-state index contributed by atoms with van der Waals surface area (Å²) >= 11 is 0. The molecule has 1 heterocycles. The summed E-state index contributed by atoms with van der Waals surface area (Å²) in [7, 11) is 1.71. The average molecular weight is 173 g/mol. The van der Waals surface area contributed by atoms with E-state index in [4.69, 9.17) is 9.47 Å². The molecule has 0 aromatic carbocycles. The van der Waals surface area contributed by atoms with E-state index in [1.807, 2.05) is 0 Å². The third-order valence-corrected chi connectivity index (χ3v) is 2.08. The maximum absolute atomic E-state index is 5.74. The van der Waals surface area contributed by atoms with Crippen LogP contribution < -0.4 is 5.32 Å². The molecule has 2 atom stereocenters. The van der Waals surface area contributed by atoms with Gasteiger partial charge < -0.3 is 14.8 Å². The van der Waals surface area contributed by atoms with E-state index in [1.165, 1.54) is 12.8 Å². The fourth-order valence-electron chi connectivity index (χ4n) is 1.54. The van der Waals surface area contributed by atoms with Crippen LogP contribution in [0.5, 0.6) is 0 Å². The van der Waals surface area contributed by atoms with Crippen molar-refractivity contribution >= 4 is 0 Å². The van der Waals surface area contributed by atoms with Crippen molar-refractivity contribution in [3.05, 3.63) is 0 Å². The SMILES string of the molecule is COCC(C)OC1CCCNC1. The number of ether oxygens (including phenoxy) is 2. The molecule has 1 fully saturated rings. The quantitative estimate of drug-likeness (QED) is 0.682. The molecule has 0 bridgehead atoms. The molecule has 0 saturated carbocycles. The van der Waals surface area contributed by atoms with Crippen molar-refractivity contribution in [2.24, 2.45) is 0 Å². The molecule has 1 rings (SSSR count). The van der Waals surface area contributed by atoms with E-state index in [1.54, 1.807) is 7.11 Å². The Morgan fingerprint density at radius 2 is 2.42 bits per heavy atom. The number of hydrogen-bond donors (Lipinski definition) is 1. The molecule has 0 aliphatic carbocycles. The molecule has 3 heteroatoms. The van der Waals surface area contributed by atoms with Crippen LogP contribution >= 0.6 is 0 Å². The average Bonchev–Trinajstić information content (AvgIpc) is 2.06. The molecule has 1 saturated heterocycles. The van der Waals surface area contributed by atoms with Gasteiger partial charge in [-0.2, -0.15) is 0 Å². The van der Waals surface area contributed by atoms with Crippen LogP contribution in [0.4, 0.5) is 0 Å². The lowest BCUT2D eigenvalue weighted by molar-refractivity contribution is -0.0462. The zero-order valence-electron chi connectivity index (χ0n) is 8.01. The molecule has 1 aliphatic rings. The van der Waals surface area contributed by atoms with E-state index in [-0.39, 0.29) is 6.10 Å². The molecule has 0 aromatic heterocycles. The lowest BCUT2D eigenvalue weighted by Gasteiger charge is -2.26. The molecule has 1 N–H and O–H groups in total. The largest absolute Gasteiger partial charge is 0.382 e. The molecule has 0 amide bonds. The summed E-state index contributed by atoms with van der Waals surface area (Å²) in [4.78, 5) is 0. The zero-order valence-corrected chi connectivity index (χ0v) is 8.01. The predicted molar refractivity (Wildman–Crippen MR) is 48.3 cm³/mol. The predicted octanol–water partition coefficient (Wildman–Crippen LogP) is 0.790. The molecule has 2 unspecified atom stereocenters. The van der Waals surface area contributed by atoms with Crippen molar-refractivity contribution in [3.63, 3.8) is 0 Å². The normalized spacial score (nSPS) is 27.0. The highest BCUT2D eigenvalue weighted by Gasteiger charge is 2.15. The third kappa shape index (κ3) is 3.52. The minimum absolute atomic E-state index is 0.222. The monoisotopic (exact) mass is 173 g/mol. The summed E-state index contributed by atoms with van der Waals surface area (Å²) in [5.41, 5.74) is 0. The highest BCUT2D eigenvalue weighted by molar-refractivity contribution is 4.69. The van der Waals surface area contributed by atoms with Gasteiger partial charge in [-0.25, -0.2) is 0 Å². The summed E-state index contributed by atoms with van der Waals surface area (Å²) in [6.45, 7) is 4.88. The van der Waals surface area contributed by atoms with Gasteiger partial charge in [0.1, 0.15) is 0 Å². The van der Waals surface area contributed by atoms with Crippen LogP contribution in [-0.4, -0.2) is 39.0 Å². The molecule has 0 aromatic rings. The number of hydrogen-bond acceptors (Lipinski definition) is 3. The van der Waals surface area contributed by atoms with Gasteiger partial charge in [-0.15, -0.1) is 0 Å². The second-order valence-corrected chi connectivity index (χ2v) is 3.37. The molecule has 12 heavy (non-hydrogen) atoms. The molecule has 72 valence electrons. The second-order valence-electron chi connectivity index (χ2n) is 3.37. The Balaban J connectivity index is 2.11. The number of rotatable bonds is 4. The van der Waals surface area contributed by atoms with Gasteiger partial charge >= 0.3 is 0 Å². The van der Waals surface area contributed by atoms with Gasteiger partial charge in [0.25, 0.3) is 0 Å². The first kappa shape index (κ1) is 9.96. The zero-order chi connectivity index (χ0) is 8.81. The first-order valence-electron chi connectivity index (χ1n) is 4.68. The Morgan fingerprint density at radius 1 is 1.58 bits per heavy atom. The van der Waals surface area contributed by atoms with Gasteiger partial charge in [0.2, 0.25) is 0 Å². The van der Waals surface area contributed by atoms with E-state index in [0.29, 0.717) is 12.7 Å². The fourth-order valence-corrected chi connectivity index (χ4v) is 1.54. The van der Waals surface area contributed by atoms with Gasteiger partial charge in [-0.1, -0.05) is 0 Å². The Bertz CT molecular complexity index is 113. The summed E-state index contributed by atoms with van der Waals surface area (Å²) in [5, 5.41) is 3.32. The molecule has 3 nitrogen and oxygen atoms in total. The van der Waals surface area contributed by atoms with Crippen molar-refractivity contribution in [2.45, 2.75) is 32.0 Å². The number of methoxy groups -OCH3 is 1. The van der Waals surface area contributed by atoms with Crippen LogP contribution in [0.25, 0.3) is 0 Å². The van der Waals surface area contributed by atoms with Gasteiger partial charge in [0.05, 0.1) is 18.8 Å². The highest BCUT2D eigenvalue weighted by Crippen LogP contribution is 2.08. The van der Waals surface area contributed by atoms with Crippen LogP contribution in [0.3, 0.4) is 0 Å². The smallest absolute Gasteiger partial charge is 0.0784 e. The molecule has 0 spiro atoms. The van der Waals surface area contributed by atoms with Gasteiger partial charge in [0.15, 0.2) is 0 Å². The minimum Gasteiger partial charge on any atom is -0.382 e. The van der Waals surface area contributed by atoms with Gasteiger partial charge in [-0.3, -0.25) is 0 Å². The van der Waals surface area contributed by atoms with Crippen molar-refractivity contribution in [2.75, 3.05) is 26.8 Å². The Kier molecular flexibility index (Phi) is 4.58. The van der Waals surface area contributed by atoms with E-state index >= 15 is 0 Å². The van der Waals surface area contributed by atoms with E-state index in [9.17, 15) is 0 Å². The summed E-state index contributed by atoms with van der Waals surface area (Å²) < 4.78 is 10.7.